The molecule has 1 aliphatic heterocycles. The molecular formula is C22H26N4O3S. The number of imidazole rings is 1. The third-order valence-electron chi connectivity index (χ3n) is 5.38. The van der Waals surface area contributed by atoms with Crippen molar-refractivity contribution in [3.63, 3.8) is 0 Å². The maximum absolute atomic E-state index is 13.0. The van der Waals surface area contributed by atoms with E-state index in [9.17, 15) is 13.2 Å². The largest absolute Gasteiger partial charge is 0.352 e. The van der Waals surface area contributed by atoms with Gasteiger partial charge in [-0.15, -0.1) is 0 Å². The van der Waals surface area contributed by atoms with E-state index in [2.05, 4.69) is 15.3 Å². The highest BCUT2D eigenvalue weighted by atomic mass is 32.2. The van der Waals surface area contributed by atoms with Crippen molar-refractivity contribution in [3.8, 4) is 0 Å². The van der Waals surface area contributed by atoms with Crippen molar-refractivity contribution in [2.75, 3.05) is 19.6 Å². The molecule has 2 aromatic carbocycles. The number of nitrogens with one attached hydrogen (secondary N) is 2. The molecule has 8 heteroatoms. The molecular weight excluding hydrogens is 400 g/mol. The van der Waals surface area contributed by atoms with E-state index < -0.39 is 10.0 Å². The van der Waals surface area contributed by atoms with Crippen molar-refractivity contribution in [1.29, 1.82) is 0 Å². The Kier molecular flexibility index (Phi) is 6.15. The predicted octanol–water partition coefficient (Wildman–Crippen LogP) is 3.10. The third kappa shape index (κ3) is 4.39. The first-order valence-electron chi connectivity index (χ1n) is 10.4. The van der Waals surface area contributed by atoms with Crippen LogP contribution in [0.15, 0.2) is 53.4 Å². The van der Waals surface area contributed by atoms with E-state index in [-0.39, 0.29) is 16.4 Å². The summed E-state index contributed by atoms with van der Waals surface area (Å²) in [5.41, 5.74) is 2.12. The number of benzene rings is 2. The lowest BCUT2D eigenvalue weighted by Crippen LogP contribution is -2.37. The fourth-order valence-corrected chi connectivity index (χ4v) is 5.51. The quantitative estimate of drug-likeness (QED) is 0.568. The fourth-order valence-electron chi connectivity index (χ4n) is 3.80. The second-order valence-corrected chi connectivity index (χ2v) is 9.43. The number of nitrogens with zero attached hydrogens (tertiary/aromatic N) is 2. The number of sulfonamides is 1. The smallest absolute Gasteiger partial charge is 0.252 e. The van der Waals surface area contributed by atoms with Crippen LogP contribution in [-0.4, -0.2) is 48.2 Å². The lowest BCUT2D eigenvalue weighted by Gasteiger charge is -2.26. The zero-order chi connectivity index (χ0) is 21.0. The number of aryl methyl sites for hydroxylation is 1. The number of rotatable bonds is 7. The Balaban J connectivity index is 1.39. The summed E-state index contributed by atoms with van der Waals surface area (Å²) in [7, 11) is -3.67. The Morgan fingerprint density at radius 2 is 1.77 bits per heavy atom. The molecule has 0 saturated carbocycles. The average molecular weight is 427 g/mol. The molecule has 1 amide bonds. The number of H-pyrrole nitrogens is 1. The molecule has 158 valence electrons. The molecule has 7 nitrogen and oxygen atoms in total. The molecule has 3 aromatic rings. The Labute approximate surface area is 176 Å². The van der Waals surface area contributed by atoms with E-state index in [1.54, 1.807) is 18.2 Å². The normalized spacial score (nSPS) is 15.3. The van der Waals surface area contributed by atoms with E-state index in [1.165, 1.54) is 10.4 Å². The average Bonchev–Trinajstić information content (AvgIpc) is 3.20. The van der Waals surface area contributed by atoms with Crippen molar-refractivity contribution < 1.29 is 13.2 Å². The molecule has 1 aromatic heterocycles. The first-order valence-corrected chi connectivity index (χ1v) is 11.8. The van der Waals surface area contributed by atoms with Crippen LogP contribution < -0.4 is 5.32 Å². The number of carbonyl (C=O) groups is 1. The Bertz CT molecular complexity index is 1100. The van der Waals surface area contributed by atoms with Gasteiger partial charge in [-0.3, -0.25) is 4.79 Å². The molecule has 1 fully saturated rings. The summed E-state index contributed by atoms with van der Waals surface area (Å²) in [5.74, 6) is 0.509. The van der Waals surface area contributed by atoms with Gasteiger partial charge >= 0.3 is 0 Å². The van der Waals surface area contributed by atoms with Gasteiger partial charge in [-0.1, -0.05) is 30.7 Å². The number of fused-ring (bicyclic) bond motifs is 1. The molecule has 1 aliphatic rings. The lowest BCUT2D eigenvalue weighted by molar-refractivity contribution is 0.0949. The molecule has 0 spiro atoms. The molecule has 0 radical (unpaired) electrons. The van der Waals surface area contributed by atoms with Crippen molar-refractivity contribution in [2.45, 2.75) is 37.0 Å². The summed E-state index contributed by atoms with van der Waals surface area (Å²) < 4.78 is 27.6. The first-order chi connectivity index (χ1) is 14.6. The van der Waals surface area contributed by atoms with Crippen LogP contribution >= 0.6 is 0 Å². The molecule has 0 bridgehead atoms. The van der Waals surface area contributed by atoms with Gasteiger partial charge in [-0.25, -0.2) is 13.4 Å². The number of piperidine rings is 1. The number of amides is 1. The van der Waals surface area contributed by atoms with Crippen LogP contribution in [0.2, 0.25) is 0 Å². The third-order valence-corrected chi connectivity index (χ3v) is 7.34. The van der Waals surface area contributed by atoms with Crippen molar-refractivity contribution >= 4 is 27.0 Å². The van der Waals surface area contributed by atoms with Crippen LogP contribution in [0.1, 0.15) is 41.9 Å². The number of hydrogen-bond acceptors (Lipinski definition) is 4. The van der Waals surface area contributed by atoms with Gasteiger partial charge in [0, 0.05) is 26.1 Å². The maximum atomic E-state index is 13.0. The van der Waals surface area contributed by atoms with Crippen molar-refractivity contribution in [2.24, 2.45) is 0 Å². The highest BCUT2D eigenvalue weighted by Crippen LogP contribution is 2.23. The summed E-state index contributed by atoms with van der Waals surface area (Å²) in [6.07, 6.45) is 4.15. The number of para-hydroxylation sites is 2. The van der Waals surface area contributed by atoms with Crippen molar-refractivity contribution in [3.05, 3.63) is 59.9 Å². The zero-order valence-corrected chi connectivity index (χ0v) is 17.6. The molecule has 2 N–H and O–H groups in total. The summed E-state index contributed by atoms with van der Waals surface area (Å²) in [6.45, 7) is 1.46. The number of hydrogen-bond donors (Lipinski definition) is 2. The second-order valence-electron chi connectivity index (χ2n) is 7.52. The highest BCUT2D eigenvalue weighted by Gasteiger charge is 2.29. The molecule has 0 aliphatic carbocycles. The molecule has 4 rings (SSSR count). The predicted molar refractivity (Wildman–Crippen MR) is 116 cm³/mol. The highest BCUT2D eigenvalue weighted by molar-refractivity contribution is 7.89. The van der Waals surface area contributed by atoms with E-state index in [4.69, 9.17) is 0 Å². The van der Waals surface area contributed by atoms with Crippen molar-refractivity contribution in [1.82, 2.24) is 19.6 Å². The fraction of sp³-hybridized carbons (Fsp3) is 0.364. The molecule has 2 heterocycles. The van der Waals surface area contributed by atoms with Gasteiger partial charge in [-0.05, 0) is 43.5 Å². The van der Waals surface area contributed by atoms with Gasteiger partial charge in [0.2, 0.25) is 10.0 Å². The summed E-state index contributed by atoms with van der Waals surface area (Å²) >= 11 is 0. The van der Waals surface area contributed by atoms with Gasteiger partial charge in [0.25, 0.3) is 5.91 Å². The molecule has 1 saturated heterocycles. The number of aromatic nitrogens is 2. The Morgan fingerprint density at radius 1 is 1.03 bits per heavy atom. The molecule has 30 heavy (non-hydrogen) atoms. The number of carbonyl (C=O) groups excluding carboxylic acids is 1. The minimum atomic E-state index is -3.67. The van der Waals surface area contributed by atoms with Gasteiger partial charge in [-0.2, -0.15) is 4.31 Å². The van der Waals surface area contributed by atoms with Crippen LogP contribution in [0.25, 0.3) is 11.0 Å². The van der Waals surface area contributed by atoms with Gasteiger partial charge in [0.05, 0.1) is 21.5 Å². The standard InChI is InChI=1S/C22H26N4O3S/c27-22(23-14-8-13-21-24-18-10-3-4-11-19(18)25-21)17-9-2-5-12-20(17)30(28,29)26-15-6-1-7-16-26/h2-5,9-12H,1,6-8,13-16H2,(H,23,27)(H,24,25). The van der Waals surface area contributed by atoms with Crippen LogP contribution in [0.4, 0.5) is 0 Å². The SMILES string of the molecule is O=C(NCCCc1nc2ccccc2[nH]1)c1ccccc1S(=O)(=O)N1CCCCC1. The van der Waals surface area contributed by atoms with Crippen LogP contribution in [-0.2, 0) is 16.4 Å². The minimum Gasteiger partial charge on any atom is -0.352 e. The van der Waals surface area contributed by atoms with E-state index in [0.29, 0.717) is 32.5 Å². The monoisotopic (exact) mass is 426 g/mol. The summed E-state index contributed by atoms with van der Waals surface area (Å²) in [4.78, 5) is 20.6. The van der Waals surface area contributed by atoms with Gasteiger partial charge in [0.15, 0.2) is 0 Å². The van der Waals surface area contributed by atoms with E-state index in [1.807, 2.05) is 24.3 Å². The first kappa shape index (κ1) is 20.6. The Morgan fingerprint density at radius 3 is 2.57 bits per heavy atom. The maximum Gasteiger partial charge on any atom is 0.252 e. The number of aromatic amines is 1. The topological polar surface area (TPSA) is 95.2 Å². The minimum absolute atomic E-state index is 0.0849. The second kappa shape index (κ2) is 8.97. The summed E-state index contributed by atoms with van der Waals surface area (Å²) in [5, 5.41) is 2.85. The summed E-state index contributed by atoms with van der Waals surface area (Å²) in [6, 6.07) is 14.3. The zero-order valence-electron chi connectivity index (χ0n) is 16.8. The molecule has 0 atom stereocenters. The van der Waals surface area contributed by atoms with E-state index in [0.717, 1.165) is 36.1 Å². The molecule has 0 unspecified atom stereocenters. The lowest BCUT2D eigenvalue weighted by atomic mass is 10.2. The van der Waals surface area contributed by atoms with Crippen LogP contribution in [0.3, 0.4) is 0 Å². The van der Waals surface area contributed by atoms with Crippen LogP contribution in [0.5, 0.6) is 0 Å². The van der Waals surface area contributed by atoms with E-state index >= 15 is 0 Å². The van der Waals surface area contributed by atoms with Gasteiger partial charge in [0.1, 0.15) is 5.82 Å². The van der Waals surface area contributed by atoms with Gasteiger partial charge < -0.3 is 10.3 Å². The van der Waals surface area contributed by atoms with Crippen LogP contribution in [0, 0.1) is 0 Å². The Hall–Kier alpha value is -2.71.